The molecule has 0 aliphatic heterocycles. The van der Waals surface area contributed by atoms with Crippen LogP contribution in [0.5, 0.6) is 0 Å². The minimum Gasteiger partial charge on any atom is -0.347 e. The zero-order valence-electron chi connectivity index (χ0n) is 12.7. The van der Waals surface area contributed by atoms with Crippen LogP contribution in [0.15, 0.2) is 24.3 Å². The number of carbonyl (C=O) groups excluding carboxylic acids is 2. The van der Waals surface area contributed by atoms with E-state index in [0.29, 0.717) is 31.1 Å². The van der Waals surface area contributed by atoms with E-state index in [4.69, 9.17) is 11.6 Å². The van der Waals surface area contributed by atoms with Gasteiger partial charge in [0.25, 0.3) is 0 Å². The van der Waals surface area contributed by atoms with Gasteiger partial charge in [0.1, 0.15) is 0 Å². The van der Waals surface area contributed by atoms with E-state index in [1.54, 1.807) is 11.0 Å². The summed E-state index contributed by atoms with van der Waals surface area (Å²) in [5, 5.41) is 3.35. The number of amides is 2. The molecule has 116 valence electrons. The molecule has 5 heteroatoms. The lowest BCUT2D eigenvalue weighted by molar-refractivity contribution is -0.145. The van der Waals surface area contributed by atoms with Crippen LogP contribution in [-0.4, -0.2) is 36.3 Å². The van der Waals surface area contributed by atoms with Crippen LogP contribution < -0.4 is 5.32 Å². The molecule has 0 fully saturated rings. The molecule has 0 radical (unpaired) electrons. The highest BCUT2D eigenvalue weighted by Gasteiger charge is 2.19. The van der Waals surface area contributed by atoms with Crippen molar-refractivity contribution in [2.24, 2.45) is 0 Å². The number of hydrogen-bond donors (Lipinski definition) is 1. The summed E-state index contributed by atoms with van der Waals surface area (Å²) in [5.41, 5.74) is 1.04. The van der Waals surface area contributed by atoms with Crippen molar-refractivity contribution in [3.63, 3.8) is 0 Å². The molecule has 0 saturated carbocycles. The zero-order chi connectivity index (χ0) is 15.7. The Kier molecular flexibility index (Phi) is 7.83. The number of hydrogen-bond acceptors (Lipinski definition) is 2. The van der Waals surface area contributed by atoms with Crippen LogP contribution in [0.2, 0.25) is 5.02 Å². The van der Waals surface area contributed by atoms with E-state index in [9.17, 15) is 9.59 Å². The first-order valence-corrected chi connectivity index (χ1v) is 7.77. The van der Waals surface area contributed by atoms with Crippen molar-refractivity contribution < 1.29 is 9.59 Å². The quantitative estimate of drug-likeness (QED) is 0.787. The third-order valence-electron chi connectivity index (χ3n) is 3.06. The van der Waals surface area contributed by atoms with Gasteiger partial charge in [0.15, 0.2) is 0 Å². The molecule has 1 rings (SSSR count). The number of halogens is 1. The molecule has 0 saturated heterocycles. The molecule has 4 nitrogen and oxygen atoms in total. The second-order valence-electron chi connectivity index (χ2n) is 4.93. The van der Waals surface area contributed by atoms with Crippen LogP contribution in [0, 0.1) is 0 Å². The number of rotatable bonds is 7. The smallest absolute Gasteiger partial charge is 0.311 e. The SMILES string of the molecule is CCCN(CCC)C(=O)C(=O)NCCc1cccc(Cl)c1. The van der Waals surface area contributed by atoms with Gasteiger partial charge in [-0.05, 0) is 37.0 Å². The summed E-state index contributed by atoms with van der Waals surface area (Å²) in [5.74, 6) is -0.969. The molecular weight excluding hydrogens is 288 g/mol. The first-order chi connectivity index (χ1) is 10.1. The molecular formula is C16H23ClN2O2. The Labute approximate surface area is 131 Å². The van der Waals surface area contributed by atoms with Crippen LogP contribution in [0.1, 0.15) is 32.3 Å². The summed E-state index contributed by atoms with van der Waals surface area (Å²) < 4.78 is 0. The van der Waals surface area contributed by atoms with Crippen molar-refractivity contribution in [3.05, 3.63) is 34.9 Å². The normalized spacial score (nSPS) is 10.2. The van der Waals surface area contributed by atoms with Crippen LogP contribution in [0.4, 0.5) is 0 Å². The zero-order valence-corrected chi connectivity index (χ0v) is 13.4. The Morgan fingerprint density at radius 3 is 2.43 bits per heavy atom. The maximum Gasteiger partial charge on any atom is 0.311 e. The fourth-order valence-corrected chi connectivity index (χ4v) is 2.30. The lowest BCUT2D eigenvalue weighted by Crippen LogP contribution is -2.44. The first-order valence-electron chi connectivity index (χ1n) is 7.40. The van der Waals surface area contributed by atoms with Crippen LogP contribution >= 0.6 is 11.6 Å². The molecule has 1 aromatic rings. The van der Waals surface area contributed by atoms with Crippen LogP contribution in [0.3, 0.4) is 0 Å². The van der Waals surface area contributed by atoms with E-state index < -0.39 is 11.8 Å². The standard InChI is InChI=1S/C16H23ClN2O2/c1-3-10-19(11-4-2)16(21)15(20)18-9-8-13-6-5-7-14(17)12-13/h5-7,12H,3-4,8-11H2,1-2H3,(H,18,20). The van der Waals surface area contributed by atoms with Crippen molar-refractivity contribution in [2.45, 2.75) is 33.1 Å². The van der Waals surface area contributed by atoms with Gasteiger partial charge in [0, 0.05) is 24.7 Å². The third-order valence-corrected chi connectivity index (χ3v) is 3.29. The molecule has 0 atom stereocenters. The first kappa shape index (κ1) is 17.5. The van der Waals surface area contributed by atoms with E-state index in [-0.39, 0.29) is 0 Å². The summed E-state index contributed by atoms with van der Waals surface area (Å²) in [6, 6.07) is 7.48. The Balaban J connectivity index is 2.43. The number of benzene rings is 1. The summed E-state index contributed by atoms with van der Waals surface area (Å²) in [6.07, 6.45) is 2.35. The molecule has 0 aliphatic carbocycles. The number of nitrogens with one attached hydrogen (secondary N) is 1. The Morgan fingerprint density at radius 2 is 1.86 bits per heavy atom. The molecule has 0 bridgehead atoms. The highest BCUT2D eigenvalue weighted by Crippen LogP contribution is 2.10. The Hall–Kier alpha value is -1.55. The lowest BCUT2D eigenvalue weighted by Gasteiger charge is -2.20. The fraction of sp³-hybridized carbons (Fsp3) is 0.500. The topological polar surface area (TPSA) is 49.4 Å². The van der Waals surface area contributed by atoms with E-state index >= 15 is 0 Å². The number of nitrogens with zero attached hydrogens (tertiary/aromatic N) is 1. The second kappa shape index (κ2) is 9.40. The van der Waals surface area contributed by atoms with Gasteiger partial charge in [0.05, 0.1) is 0 Å². The van der Waals surface area contributed by atoms with E-state index in [1.807, 2.05) is 32.0 Å². The van der Waals surface area contributed by atoms with Gasteiger partial charge in [-0.2, -0.15) is 0 Å². The predicted octanol–water partition coefficient (Wildman–Crippen LogP) is 2.65. The summed E-state index contributed by atoms with van der Waals surface area (Å²) in [4.78, 5) is 25.5. The lowest BCUT2D eigenvalue weighted by atomic mass is 10.1. The van der Waals surface area contributed by atoms with Crippen molar-refractivity contribution in [1.29, 1.82) is 0 Å². The number of carbonyl (C=O) groups is 2. The maximum atomic E-state index is 12.0. The van der Waals surface area contributed by atoms with Crippen LogP contribution in [0.25, 0.3) is 0 Å². The second-order valence-corrected chi connectivity index (χ2v) is 5.36. The Bertz CT molecular complexity index is 471. The molecule has 0 aromatic heterocycles. The maximum absolute atomic E-state index is 12.0. The average molecular weight is 311 g/mol. The molecule has 0 aliphatic rings. The molecule has 1 aromatic carbocycles. The Morgan fingerprint density at radius 1 is 1.19 bits per heavy atom. The third kappa shape index (κ3) is 6.17. The predicted molar refractivity (Wildman–Crippen MR) is 85.3 cm³/mol. The van der Waals surface area contributed by atoms with E-state index in [1.165, 1.54) is 0 Å². The molecule has 0 unspecified atom stereocenters. The van der Waals surface area contributed by atoms with Crippen LogP contribution in [-0.2, 0) is 16.0 Å². The molecule has 1 N–H and O–H groups in total. The van der Waals surface area contributed by atoms with E-state index in [0.717, 1.165) is 18.4 Å². The van der Waals surface area contributed by atoms with Crippen molar-refractivity contribution in [3.8, 4) is 0 Å². The average Bonchev–Trinajstić information content (AvgIpc) is 2.46. The van der Waals surface area contributed by atoms with Gasteiger partial charge < -0.3 is 10.2 Å². The molecule has 2 amide bonds. The molecule has 0 spiro atoms. The highest BCUT2D eigenvalue weighted by molar-refractivity contribution is 6.35. The summed E-state index contributed by atoms with van der Waals surface area (Å²) in [7, 11) is 0. The summed E-state index contributed by atoms with van der Waals surface area (Å²) in [6.45, 7) is 5.65. The van der Waals surface area contributed by atoms with Crippen molar-refractivity contribution >= 4 is 23.4 Å². The largest absolute Gasteiger partial charge is 0.347 e. The van der Waals surface area contributed by atoms with Gasteiger partial charge in [-0.15, -0.1) is 0 Å². The van der Waals surface area contributed by atoms with Gasteiger partial charge in [-0.3, -0.25) is 9.59 Å². The van der Waals surface area contributed by atoms with Gasteiger partial charge >= 0.3 is 11.8 Å². The highest BCUT2D eigenvalue weighted by atomic mass is 35.5. The van der Waals surface area contributed by atoms with E-state index in [2.05, 4.69) is 5.32 Å². The molecule has 0 heterocycles. The molecule has 21 heavy (non-hydrogen) atoms. The van der Waals surface area contributed by atoms with Crippen molar-refractivity contribution in [1.82, 2.24) is 10.2 Å². The monoisotopic (exact) mass is 310 g/mol. The summed E-state index contributed by atoms with van der Waals surface area (Å²) >= 11 is 5.90. The van der Waals surface area contributed by atoms with Gasteiger partial charge in [-0.25, -0.2) is 0 Å². The van der Waals surface area contributed by atoms with Gasteiger partial charge in [0.2, 0.25) is 0 Å². The van der Waals surface area contributed by atoms with Crippen molar-refractivity contribution in [2.75, 3.05) is 19.6 Å². The minimum absolute atomic E-state index is 0.428. The van der Waals surface area contributed by atoms with Gasteiger partial charge in [-0.1, -0.05) is 37.6 Å². The minimum atomic E-state index is -0.529. The fourth-order valence-electron chi connectivity index (χ4n) is 2.09.